The third kappa shape index (κ3) is 1.81. The molecule has 2 rings (SSSR count). The standard InChI is InChI=1S/C10H11FN4O/c11-6-1-2-8-7(5-6)14-10(13)15(8)4-3-9(12)16/h1-2,5H,3-4H2,(H2,12,16)(H2,13,14). The molecule has 2 aromatic rings. The maximum absolute atomic E-state index is 12.9. The molecule has 1 aromatic carbocycles. The molecule has 0 fully saturated rings. The van der Waals surface area contributed by atoms with Crippen molar-refractivity contribution in [2.75, 3.05) is 5.73 Å². The predicted molar refractivity (Wildman–Crippen MR) is 57.9 cm³/mol. The van der Waals surface area contributed by atoms with Gasteiger partial charge in [0.2, 0.25) is 11.9 Å². The van der Waals surface area contributed by atoms with Gasteiger partial charge >= 0.3 is 0 Å². The number of amides is 1. The molecule has 0 bridgehead atoms. The molecule has 16 heavy (non-hydrogen) atoms. The second-order valence-corrected chi connectivity index (χ2v) is 3.47. The van der Waals surface area contributed by atoms with Crippen LogP contribution in [0.4, 0.5) is 10.3 Å². The van der Waals surface area contributed by atoms with E-state index in [9.17, 15) is 9.18 Å². The van der Waals surface area contributed by atoms with E-state index < -0.39 is 5.91 Å². The predicted octanol–water partition coefficient (Wildman–Crippen LogP) is 0.633. The number of benzene rings is 1. The third-order valence-electron chi connectivity index (χ3n) is 2.32. The van der Waals surface area contributed by atoms with Crippen molar-refractivity contribution < 1.29 is 9.18 Å². The molecule has 0 saturated carbocycles. The van der Waals surface area contributed by atoms with Gasteiger partial charge in [-0.15, -0.1) is 0 Å². The van der Waals surface area contributed by atoms with E-state index in [-0.39, 0.29) is 18.2 Å². The number of primary amides is 1. The fourth-order valence-electron chi connectivity index (χ4n) is 1.58. The molecule has 1 amide bonds. The minimum Gasteiger partial charge on any atom is -0.370 e. The summed E-state index contributed by atoms with van der Waals surface area (Å²) in [6, 6.07) is 4.20. The van der Waals surface area contributed by atoms with Gasteiger partial charge in [0.15, 0.2) is 0 Å². The Morgan fingerprint density at radius 1 is 1.50 bits per heavy atom. The van der Waals surface area contributed by atoms with Gasteiger partial charge in [0.1, 0.15) is 5.82 Å². The molecule has 0 radical (unpaired) electrons. The zero-order valence-corrected chi connectivity index (χ0v) is 8.48. The topological polar surface area (TPSA) is 86.9 Å². The number of nitrogens with two attached hydrogens (primary N) is 2. The Morgan fingerprint density at radius 3 is 2.94 bits per heavy atom. The molecule has 1 aromatic heterocycles. The fraction of sp³-hybridized carbons (Fsp3) is 0.200. The zero-order chi connectivity index (χ0) is 11.7. The smallest absolute Gasteiger partial charge is 0.219 e. The quantitative estimate of drug-likeness (QED) is 0.798. The van der Waals surface area contributed by atoms with Gasteiger partial charge in [0.05, 0.1) is 11.0 Å². The number of carbonyl (C=O) groups is 1. The normalized spacial score (nSPS) is 10.8. The molecule has 84 valence electrons. The van der Waals surface area contributed by atoms with Crippen LogP contribution >= 0.6 is 0 Å². The number of nitrogen functional groups attached to an aromatic ring is 1. The van der Waals surface area contributed by atoms with Crippen LogP contribution in [-0.4, -0.2) is 15.5 Å². The number of fused-ring (bicyclic) bond motifs is 1. The molecular formula is C10H11FN4O. The number of rotatable bonds is 3. The molecule has 0 aliphatic heterocycles. The van der Waals surface area contributed by atoms with Crippen molar-refractivity contribution in [2.45, 2.75) is 13.0 Å². The van der Waals surface area contributed by atoms with Crippen molar-refractivity contribution >= 4 is 22.9 Å². The summed E-state index contributed by atoms with van der Waals surface area (Å²) < 4.78 is 14.6. The summed E-state index contributed by atoms with van der Waals surface area (Å²) in [6.45, 7) is 0.350. The third-order valence-corrected chi connectivity index (χ3v) is 2.32. The van der Waals surface area contributed by atoms with E-state index >= 15 is 0 Å². The largest absolute Gasteiger partial charge is 0.370 e. The Hall–Kier alpha value is -2.11. The second kappa shape index (κ2) is 3.80. The Labute approximate surface area is 90.9 Å². The molecule has 4 N–H and O–H groups in total. The number of imidazole rings is 1. The molecule has 0 atom stereocenters. The average molecular weight is 222 g/mol. The van der Waals surface area contributed by atoms with Gasteiger partial charge in [-0.1, -0.05) is 0 Å². The summed E-state index contributed by atoms with van der Waals surface area (Å²) in [5, 5.41) is 0. The van der Waals surface area contributed by atoms with E-state index in [1.807, 2.05) is 0 Å². The lowest BCUT2D eigenvalue weighted by molar-refractivity contribution is -0.118. The van der Waals surface area contributed by atoms with Gasteiger partial charge in [0, 0.05) is 19.0 Å². The van der Waals surface area contributed by atoms with Crippen molar-refractivity contribution in [2.24, 2.45) is 5.73 Å². The lowest BCUT2D eigenvalue weighted by Gasteiger charge is -2.03. The van der Waals surface area contributed by atoms with Crippen LogP contribution in [0.5, 0.6) is 0 Å². The Kier molecular flexibility index (Phi) is 2.47. The molecular weight excluding hydrogens is 211 g/mol. The highest BCUT2D eigenvalue weighted by atomic mass is 19.1. The number of carbonyl (C=O) groups excluding carboxylic acids is 1. The van der Waals surface area contributed by atoms with E-state index in [1.54, 1.807) is 10.6 Å². The Bertz CT molecular complexity index is 549. The van der Waals surface area contributed by atoms with Gasteiger partial charge < -0.3 is 16.0 Å². The van der Waals surface area contributed by atoms with Crippen LogP contribution in [0.3, 0.4) is 0 Å². The van der Waals surface area contributed by atoms with Crippen molar-refractivity contribution in [3.8, 4) is 0 Å². The summed E-state index contributed by atoms with van der Waals surface area (Å²) in [5.41, 5.74) is 11.9. The Morgan fingerprint density at radius 2 is 2.25 bits per heavy atom. The van der Waals surface area contributed by atoms with E-state index in [0.717, 1.165) is 0 Å². The summed E-state index contributed by atoms with van der Waals surface area (Å²) in [5.74, 6) is -0.530. The maximum Gasteiger partial charge on any atom is 0.219 e. The number of aryl methyl sites for hydroxylation is 1. The lowest BCUT2D eigenvalue weighted by atomic mass is 10.3. The van der Waals surface area contributed by atoms with E-state index in [0.29, 0.717) is 17.6 Å². The summed E-state index contributed by atoms with van der Waals surface area (Å²) in [7, 11) is 0. The van der Waals surface area contributed by atoms with Gasteiger partial charge in [-0.3, -0.25) is 4.79 Å². The molecule has 1 heterocycles. The first-order valence-corrected chi connectivity index (χ1v) is 4.77. The second-order valence-electron chi connectivity index (χ2n) is 3.47. The van der Waals surface area contributed by atoms with Gasteiger partial charge in [-0.2, -0.15) is 0 Å². The lowest BCUT2D eigenvalue weighted by Crippen LogP contribution is -2.14. The number of aromatic nitrogens is 2. The van der Waals surface area contributed by atoms with Crippen LogP contribution in [0.15, 0.2) is 18.2 Å². The van der Waals surface area contributed by atoms with Gasteiger partial charge in [-0.25, -0.2) is 9.37 Å². The number of hydrogen-bond donors (Lipinski definition) is 2. The number of halogens is 1. The van der Waals surface area contributed by atoms with E-state index in [4.69, 9.17) is 11.5 Å². The van der Waals surface area contributed by atoms with Crippen LogP contribution < -0.4 is 11.5 Å². The summed E-state index contributed by atoms with van der Waals surface area (Å²) >= 11 is 0. The van der Waals surface area contributed by atoms with Crippen molar-refractivity contribution in [3.05, 3.63) is 24.0 Å². The number of nitrogens with zero attached hydrogens (tertiary/aromatic N) is 2. The highest BCUT2D eigenvalue weighted by Crippen LogP contribution is 2.19. The van der Waals surface area contributed by atoms with Crippen molar-refractivity contribution in [1.82, 2.24) is 9.55 Å². The average Bonchev–Trinajstić information content (AvgIpc) is 2.50. The van der Waals surface area contributed by atoms with Crippen LogP contribution in [0.2, 0.25) is 0 Å². The van der Waals surface area contributed by atoms with E-state index in [1.165, 1.54) is 12.1 Å². The first-order chi connectivity index (χ1) is 7.58. The number of hydrogen-bond acceptors (Lipinski definition) is 3. The molecule has 5 nitrogen and oxygen atoms in total. The number of anilines is 1. The minimum absolute atomic E-state index is 0.174. The Balaban J connectivity index is 2.43. The monoisotopic (exact) mass is 222 g/mol. The van der Waals surface area contributed by atoms with Crippen LogP contribution in [0.25, 0.3) is 11.0 Å². The van der Waals surface area contributed by atoms with Gasteiger partial charge in [-0.05, 0) is 12.1 Å². The van der Waals surface area contributed by atoms with E-state index in [2.05, 4.69) is 4.98 Å². The molecule has 0 spiro atoms. The molecule has 6 heteroatoms. The van der Waals surface area contributed by atoms with Crippen molar-refractivity contribution in [3.63, 3.8) is 0 Å². The van der Waals surface area contributed by atoms with Crippen LogP contribution in [-0.2, 0) is 11.3 Å². The summed E-state index contributed by atoms with van der Waals surface area (Å²) in [6.07, 6.45) is 0.174. The highest BCUT2D eigenvalue weighted by molar-refractivity contribution is 5.79. The molecule has 0 unspecified atom stereocenters. The first-order valence-electron chi connectivity index (χ1n) is 4.77. The summed E-state index contributed by atoms with van der Waals surface area (Å²) in [4.78, 5) is 14.7. The first kappa shape index (κ1) is 10.4. The molecule has 0 aliphatic carbocycles. The maximum atomic E-state index is 12.9. The van der Waals surface area contributed by atoms with Gasteiger partial charge in [0.25, 0.3) is 0 Å². The zero-order valence-electron chi connectivity index (χ0n) is 8.48. The minimum atomic E-state index is -0.414. The molecule has 0 aliphatic rings. The fourth-order valence-corrected chi connectivity index (χ4v) is 1.58. The van der Waals surface area contributed by atoms with Crippen LogP contribution in [0, 0.1) is 5.82 Å². The van der Waals surface area contributed by atoms with Crippen LogP contribution in [0.1, 0.15) is 6.42 Å². The SMILES string of the molecule is NC(=O)CCn1c(N)nc2cc(F)ccc21. The molecule has 0 saturated heterocycles. The highest BCUT2D eigenvalue weighted by Gasteiger charge is 2.09. The van der Waals surface area contributed by atoms with Crippen molar-refractivity contribution in [1.29, 1.82) is 0 Å².